The number of hydrogen-bond donors (Lipinski definition) is 2. The minimum absolute atomic E-state index is 0.0889. The van der Waals surface area contributed by atoms with Crippen molar-refractivity contribution in [2.75, 3.05) is 5.32 Å². The van der Waals surface area contributed by atoms with Crippen LogP contribution in [0.2, 0.25) is 10.0 Å². The Morgan fingerprint density at radius 1 is 1.41 bits per heavy atom. The van der Waals surface area contributed by atoms with Crippen LogP contribution >= 0.6 is 34.7 Å². The van der Waals surface area contributed by atoms with E-state index in [2.05, 4.69) is 9.69 Å². The highest BCUT2D eigenvalue weighted by molar-refractivity contribution is 7.10. The predicted molar refractivity (Wildman–Crippen MR) is 68.2 cm³/mol. The summed E-state index contributed by atoms with van der Waals surface area (Å²) >= 11 is 12.8. The Hall–Kier alpha value is -1.48. The Morgan fingerprint density at radius 2 is 2.18 bits per heavy atom. The van der Waals surface area contributed by atoms with Gasteiger partial charge in [-0.25, -0.2) is 0 Å². The number of anilines is 2. The van der Waals surface area contributed by atoms with Crippen molar-refractivity contribution in [2.45, 2.75) is 0 Å². The molecule has 86 valence electrons. The Bertz CT molecular complexity index is 606. The average molecular weight is 286 g/mol. The Balaban J connectivity index is 2.38. The highest BCUT2D eigenvalue weighted by Crippen LogP contribution is 2.34. The highest BCUT2D eigenvalue weighted by Gasteiger charge is 2.13. The first kappa shape index (κ1) is 12.0. The van der Waals surface area contributed by atoms with E-state index >= 15 is 0 Å². The van der Waals surface area contributed by atoms with Gasteiger partial charge in [0.15, 0.2) is 5.56 Å². The van der Waals surface area contributed by atoms with Crippen LogP contribution in [-0.4, -0.2) is 9.48 Å². The van der Waals surface area contributed by atoms with E-state index in [1.54, 1.807) is 18.2 Å². The third-order valence-electron chi connectivity index (χ3n) is 1.96. The summed E-state index contributed by atoms with van der Waals surface area (Å²) in [5.74, 6) is -0.293. The second kappa shape index (κ2) is 4.80. The van der Waals surface area contributed by atoms with E-state index in [9.17, 15) is 5.11 Å². The molecule has 0 saturated carbocycles. The molecule has 0 amide bonds. The molecular weight excluding hydrogens is 281 g/mol. The van der Waals surface area contributed by atoms with Crippen LogP contribution in [0, 0.1) is 11.3 Å². The SMILES string of the molecule is N#Cc1c(O)nsc1Nc1cc(Cl)ccc1Cl. The minimum atomic E-state index is -0.293. The molecule has 0 aliphatic heterocycles. The van der Waals surface area contributed by atoms with Crippen LogP contribution in [0.4, 0.5) is 10.7 Å². The van der Waals surface area contributed by atoms with E-state index in [0.29, 0.717) is 20.7 Å². The van der Waals surface area contributed by atoms with Crippen LogP contribution in [0.1, 0.15) is 5.56 Å². The molecule has 0 atom stereocenters. The number of aromatic nitrogens is 1. The van der Waals surface area contributed by atoms with E-state index < -0.39 is 0 Å². The fraction of sp³-hybridized carbons (Fsp3) is 0. The van der Waals surface area contributed by atoms with Crippen LogP contribution in [0.15, 0.2) is 18.2 Å². The van der Waals surface area contributed by atoms with Crippen molar-refractivity contribution in [3.63, 3.8) is 0 Å². The van der Waals surface area contributed by atoms with Crippen LogP contribution in [0.25, 0.3) is 0 Å². The number of rotatable bonds is 2. The smallest absolute Gasteiger partial charge is 0.243 e. The quantitative estimate of drug-likeness (QED) is 0.881. The normalized spacial score (nSPS) is 9.94. The summed E-state index contributed by atoms with van der Waals surface area (Å²) in [6.07, 6.45) is 0. The summed E-state index contributed by atoms with van der Waals surface area (Å²) in [6, 6.07) is 6.78. The summed E-state index contributed by atoms with van der Waals surface area (Å²) in [5, 5.41) is 22.5. The lowest BCUT2D eigenvalue weighted by molar-refractivity contribution is 0.458. The van der Waals surface area contributed by atoms with E-state index in [0.717, 1.165) is 11.5 Å². The van der Waals surface area contributed by atoms with Crippen molar-refractivity contribution >= 4 is 45.4 Å². The average Bonchev–Trinajstić information content (AvgIpc) is 2.64. The molecule has 0 bridgehead atoms. The predicted octanol–water partition coefficient (Wildman–Crippen LogP) is 3.77. The molecule has 7 heteroatoms. The second-order valence-electron chi connectivity index (χ2n) is 3.07. The molecule has 0 aliphatic carbocycles. The zero-order valence-electron chi connectivity index (χ0n) is 8.24. The molecular formula is C10H5Cl2N3OS. The Morgan fingerprint density at radius 3 is 2.88 bits per heavy atom. The van der Waals surface area contributed by atoms with Crippen molar-refractivity contribution in [1.29, 1.82) is 5.26 Å². The fourth-order valence-electron chi connectivity index (χ4n) is 1.18. The molecule has 1 aromatic carbocycles. The molecule has 17 heavy (non-hydrogen) atoms. The monoisotopic (exact) mass is 285 g/mol. The van der Waals surface area contributed by atoms with Gasteiger partial charge in [0.1, 0.15) is 11.1 Å². The van der Waals surface area contributed by atoms with Crippen LogP contribution in [0.3, 0.4) is 0 Å². The number of nitrogens with one attached hydrogen (secondary N) is 1. The summed E-state index contributed by atoms with van der Waals surface area (Å²) < 4.78 is 3.67. The maximum atomic E-state index is 9.31. The maximum absolute atomic E-state index is 9.31. The lowest BCUT2D eigenvalue weighted by atomic mass is 10.3. The zero-order chi connectivity index (χ0) is 12.4. The molecule has 0 spiro atoms. The van der Waals surface area contributed by atoms with Crippen molar-refractivity contribution < 1.29 is 5.11 Å². The topological polar surface area (TPSA) is 68.9 Å². The molecule has 2 aromatic rings. The second-order valence-corrected chi connectivity index (χ2v) is 4.69. The van der Waals surface area contributed by atoms with Crippen LogP contribution < -0.4 is 5.32 Å². The van der Waals surface area contributed by atoms with Crippen LogP contribution in [0.5, 0.6) is 5.88 Å². The van der Waals surface area contributed by atoms with E-state index in [1.807, 2.05) is 6.07 Å². The van der Waals surface area contributed by atoms with Crippen molar-refractivity contribution in [2.24, 2.45) is 0 Å². The summed E-state index contributed by atoms with van der Waals surface area (Å²) in [7, 11) is 0. The van der Waals surface area contributed by atoms with Crippen LogP contribution in [-0.2, 0) is 0 Å². The first-order valence-electron chi connectivity index (χ1n) is 4.42. The van der Waals surface area contributed by atoms with Gasteiger partial charge in [-0.2, -0.15) is 9.64 Å². The molecule has 1 aromatic heterocycles. The van der Waals surface area contributed by atoms with Crippen molar-refractivity contribution in [3.8, 4) is 11.9 Å². The first-order chi connectivity index (χ1) is 8.11. The Labute approximate surface area is 111 Å². The van der Waals surface area contributed by atoms with Crippen molar-refractivity contribution in [1.82, 2.24) is 4.37 Å². The highest BCUT2D eigenvalue weighted by atomic mass is 35.5. The summed E-state index contributed by atoms with van der Waals surface area (Å²) in [5.41, 5.74) is 0.644. The van der Waals surface area contributed by atoms with Crippen molar-refractivity contribution in [3.05, 3.63) is 33.8 Å². The molecule has 0 unspecified atom stereocenters. The molecule has 2 N–H and O–H groups in total. The van der Waals surface area contributed by atoms with E-state index in [4.69, 9.17) is 28.5 Å². The van der Waals surface area contributed by atoms with E-state index in [1.165, 1.54) is 0 Å². The third kappa shape index (κ3) is 2.44. The summed E-state index contributed by atoms with van der Waals surface area (Å²) in [4.78, 5) is 0. The molecule has 1 heterocycles. The number of nitriles is 1. The maximum Gasteiger partial charge on any atom is 0.243 e. The van der Waals surface area contributed by atoms with Gasteiger partial charge in [0.2, 0.25) is 5.88 Å². The lowest BCUT2D eigenvalue weighted by Crippen LogP contribution is -1.90. The Kier molecular flexibility index (Phi) is 3.38. The number of hydrogen-bond acceptors (Lipinski definition) is 5. The van der Waals surface area contributed by atoms with Gasteiger partial charge >= 0.3 is 0 Å². The van der Waals surface area contributed by atoms with Gasteiger partial charge in [0.05, 0.1) is 10.7 Å². The third-order valence-corrected chi connectivity index (χ3v) is 3.28. The molecule has 0 aliphatic rings. The minimum Gasteiger partial charge on any atom is -0.492 e. The molecule has 0 fully saturated rings. The molecule has 0 saturated heterocycles. The van der Waals surface area contributed by atoms with Gasteiger partial charge in [0, 0.05) is 5.02 Å². The lowest BCUT2D eigenvalue weighted by Gasteiger charge is -2.06. The van der Waals surface area contributed by atoms with Gasteiger partial charge in [-0.15, -0.1) is 0 Å². The number of halogens is 2. The van der Waals surface area contributed by atoms with Gasteiger partial charge in [-0.3, -0.25) is 0 Å². The van der Waals surface area contributed by atoms with Gasteiger partial charge in [0.25, 0.3) is 0 Å². The largest absolute Gasteiger partial charge is 0.492 e. The molecule has 0 radical (unpaired) electrons. The summed E-state index contributed by atoms with van der Waals surface area (Å²) in [6.45, 7) is 0. The number of aromatic hydroxyl groups is 1. The van der Waals surface area contributed by atoms with E-state index in [-0.39, 0.29) is 11.4 Å². The first-order valence-corrected chi connectivity index (χ1v) is 5.95. The fourth-order valence-corrected chi connectivity index (χ4v) is 2.17. The number of nitrogens with zero attached hydrogens (tertiary/aromatic N) is 2. The zero-order valence-corrected chi connectivity index (χ0v) is 10.6. The van der Waals surface area contributed by atoms with Gasteiger partial charge in [-0.1, -0.05) is 23.2 Å². The van der Waals surface area contributed by atoms with Gasteiger partial charge < -0.3 is 10.4 Å². The standard InChI is InChI=1S/C10H5Cl2N3OS/c11-5-1-2-7(12)8(3-5)14-10-6(4-13)9(16)15-17-10/h1-3,14H,(H,15,16). The molecule has 4 nitrogen and oxygen atoms in total. The number of benzene rings is 1. The molecule has 2 rings (SSSR count). The van der Waals surface area contributed by atoms with Gasteiger partial charge in [-0.05, 0) is 29.7 Å².